The molecule has 0 bridgehead atoms. The highest BCUT2D eigenvalue weighted by atomic mass is 35.5. The molecule has 0 unspecified atom stereocenters. The van der Waals surface area contributed by atoms with Gasteiger partial charge in [-0.2, -0.15) is 0 Å². The molecule has 0 aliphatic carbocycles. The highest BCUT2D eigenvalue weighted by Gasteiger charge is 2.32. The first-order valence-corrected chi connectivity index (χ1v) is 10.5. The number of amides is 1. The predicted molar refractivity (Wildman–Crippen MR) is 123 cm³/mol. The van der Waals surface area contributed by atoms with Crippen molar-refractivity contribution in [1.29, 1.82) is 0 Å². The third-order valence-electron chi connectivity index (χ3n) is 4.90. The van der Waals surface area contributed by atoms with E-state index in [9.17, 15) is 9.59 Å². The Hall–Kier alpha value is -3.45. The molecule has 8 heteroatoms. The SMILES string of the molecule is C=CCOC(=O)Oc1ccc(N2CCN(C(=O)OCC=C)C[C@H]2c2ccccc2)c(Cl)c1. The number of benzene rings is 2. The number of anilines is 1. The van der Waals surface area contributed by atoms with Crippen LogP contribution in [-0.2, 0) is 9.47 Å². The molecule has 168 valence electrons. The summed E-state index contributed by atoms with van der Waals surface area (Å²) >= 11 is 6.56. The molecule has 0 spiro atoms. The van der Waals surface area contributed by atoms with E-state index in [0.29, 0.717) is 24.7 Å². The summed E-state index contributed by atoms with van der Waals surface area (Å²) in [7, 11) is 0. The normalized spacial score (nSPS) is 15.6. The molecule has 2 aromatic rings. The number of rotatable bonds is 7. The van der Waals surface area contributed by atoms with E-state index in [-0.39, 0.29) is 31.1 Å². The second-order valence-electron chi connectivity index (χ2n) is 7.00. The van der Waals surface area contributed by atoms with Gasteiger partial charge in [0.15, 0.2) is 0 Å². The van der Waals surface area contributed by atoms with E-state index in [1.54, 1.807) is 29.2 Å². The molecular formula is C24H25ClN2O5. The van der Waals surface area contributed by atoms with Gasteiger partial charge in [-0.3, -0.25) is 0 Å². The Balaban J connectivity index is 1.81. The Morgan fingerprint density at radius 2 is 1.75 bits per heavy atom. The molecule has 1 heterocycles. The number of ether oxygens (including phenoxy) is 3. The standard InChI is InChI=1S/C24H25ClN2O5/c1-3-14-30-23(28)26-12-13-27(22(17-26)18-8-6-5-7-9-18)21-11-10-19(16-20(21)25)32-24(29)31-15-4-2/h3-11,16,22H,1-2,12-15,17H2/t22-/m0/s1. The highest BCUT2D eigenvalue weighted by Crippen LogP contribution is 2.37. The number of halogens is 1. The van der Waals surface area contributed by atoms with Crippen LogP contribution in [0.1, 0.15) is 11.6 Å². The van der Waals surface area contributed by atoms with Gasteiger partial charge in [0.25, 0.3) is 0 Å². The third-order valence-corrected chi connectivity index (χ3v) is 5.20. The molecule has 32 heavy (non-hydrogen) atoms. The maximum absolute atomic E-state index is 12.4. The van der Waals surface area contributed by atoms with Crippen molar-refractivity contribution in [2.24, 2.45) is 0 Å². The van der Waals surface area contributed by atoms with Gasteiger partial charge in [-0.25, -0.2) is 9.59 Å². The van der Waals surface area contributed by atoms with Crippen molar-refractivity contribution in [3.63, 3.8) is 0 Å². The van der Waals surface area contributed by atoms with Gasteiger partial charge in [0, 0.05) is 25.7 Å². The van der Waals surface area contributed by atoms with Gasteiger partial charge in [0.05, 0.1) is 16.8 Å². The third kappa shape index (κ3) is 5.82. The molecule has 1 aliphatic rings. The summed E-state index contributed by atoms with van der Waals surface area (Å²) in [5.41, 5.74) is 1.81. The summed E-state index contributed by atoms with van der Waals surface area (Å²) in [6.07, 6.45) is 1.79. The lowest BCUT2D eigenvalue weighted by Crippen LogP contribution is -2.50. The van der Waals surface area contributed by atoms with Crippen molar-refractivity contribution < 1.29 is 23.8 Å². The molecular weight excluding hydrogens is 432 g/mol. The summed E-state index contributed by atoms with van der Waals surface area (Å²) in [6, 6.07) is 14.8. The molecule has 1 atom stereocenters. The summed E-state index contributed by atoms with van der Waals surface area (Å²) in [6.45, 7) is 8.74. The number of nitrogens with zero attached hydrogens (tertiary/aromatic N) is 2. The van der Waals surface area contributed by atoms with Crippen LogP contribution in [0.15, 0.2) is 73.8 Å². The van der Waals surface area contributed by atoms with Crippen molar-refractivity contribution in [3.8, 4) is 5.75 Å². The van der Waals surface area contributed by atoms with Gasteiger partial charge in [-0.15, -0.1) is 0 Å². The van der Waals surface area contributed by atoms with Crippen LogP contribution in [0, 0.1) is 0 Å². The van der Waals surface area contributed by atoms with Crippen LogP contribution in [0.3, 0.4) is 0 Å². The van der Waals surface area contributed by atoms with Crippen LogP contribution < -0.4 is 9.64 Å². The fourth-order valence-corrected chi connectivity index (χ4v) is 3.73. The van der Waals surface area contributed by atoms with Crippen molar-refractivity contribution in [3.05, 3.63) is 84.4 Å². The van der Waals surface area contributed by atoms with E-state index in [1.165, 1.54) is 6.08 Å². The first kappa shape index (κ1) is 23.2. The maximum Gasteiger partial charge on any atom is 0.514 e. The zero-order valence-electron chi connectivity index (χ0n) is 17.6. The number of carbonyl (C=O) groups is 2. The van der Waals surface area contributed by atoms with Crippen LogP contribution in [0.4, 0.5) is 15.3 Å². The van der Waals surface area contributed by atoms with E-state index in [1.807, 2.05) is 30.3 Å². The van der Waals surface area contributed by atoms with E-state index in [2.05, 4.69) is 18.1 Å². The minimum atomic E-state index is -0.831. The maximum atomic E-state index is 12.4. The minimum Gasteiger partial charge on any atom is -0.445 e. The molecule has 3 rings (SSSR count). The molecule has 2 aromatic carbocycles. The molecule has 1 aliphatic heterocycles. The van der Waals surface area contributed by atoms with Gasteiger partial charge in [-0.05, 0) is 17.7 Å². The first-order chi connectivity index (χ1) is 15.5. The molecule has 7 nitrogen and oxygen atoms in total. The van der Waals surface area contributed by atoms with Crippen LogP contribution in [0.25, 0.3) is 0 Å². The van der Waals surface area contributed by atoms with Gasteiger partial charge in [0.2, 0.25) is 0 Å². The van der Waals surface area contributed by atoms with E-state index < -0.39 is 6.16 Å². The molecule has 0 N–H and O–H groups in total. The Labute approximate surface area is 192 Å². The number of carbonyl (C=O) groups excluding carboxylic acids is 2. The fraction of sp³-hybridized carbons (Fsp3) is 0.250. The lowest BCUT2D eigenvalue weighted by atomic mass is 10.0. The van der Waals surface area contributed by atoms with Crippen molar-refractivity contribution in [2.45, 2.75) is 6.04 Å². The summed E-state index contributed by atoms with van der Waals surface area (Å²) in [5.74, 6) is 0.274. The van der Waals surface area contributed by atoms with E-state index in [0.717, 1.165) is 11.3 Å². The van der Waals surface area contributed by atoms with Crippen LogP contribution in [0.5, 0.6) is 5.75 Å². The topological polar surface area (TPSA) is 68.3 Å². The van der Waals surface area contributed by atoms with E-state index >= 15 is 0 Å². The van der Waals surface area contributed by atoms with Gasteiger partial charge in [-0.1, -0.05) is 67.2 Å². The number of hydrogen-bond donors (Lipinski definition) is 0. The van der Waals surface area contributed by atoms with Gasteiger partial charge in [0.1, 0.15) is 19.0 Å². The average Bonchev–Trinajstić information content (AvgIpc) is 2.81. The zero-order chi connectivity index (χ0) is 22.9. The minimum absolute atomic E-state index is 0.0584. The molecule has 1 fully saturated rings. The lowest BCUT2D eigenvalue weighted by molar-refractivity contribution is 0.104. The molecule has 0 aromatic heterocycles. The van der Waals surface area contributed by atoms with E-state index in [4.69, 9.17) is 25.8 Å². The molecule has 1 amide bonds. The second kappa shape index (κ2) is 11.2. The smallest absolute Gasteiger partial charge is 0.445 e. The fourth-order valence-electron chi connectivity index (χ4n) is 3.46. The van der Waals surface area contributed by atoms with Crippen molar-refractivity contribution in [2.75, 3.05) is 37.7 Å². The van der Waals surface area contributed by atoms with Crippen LogP contribution >= 0.6 is 11.6 Å². The predicted octanol–water partition coefficient (Wildman–Crippen LogP) is 5.23. The summed E-state index contributed by atoms with van der Waals surface area (Å²) < 4.78 is 15.2. The number of piperazine rings is 1. The highest BCUT2D eigenvalue weighted by molar-refractivity contribution is 6.33. The summed E-state index contributed by atoms with van der Waals surface area (Å²) in [5, 5.41) is 0.419. The molecule has 0 radical (unpaired) electrons. The number of hydrogen-bond acceptors (Lipinski definition) is 6. The summed E-state index contributed by atoms with van der Waals surface area (Å²) in [4.78, 5) is 27.9. The molecule has 1 saturated heterocycles. The van der Waals surface area contributed by atoms with Crippen molar-refractivity contribution >= 4 is 29.5 Å². The Kier molecular flexibility index (Phi) is 8.16. The first-order valence-electron chi connectivity index (χ1n) is 10.1. The largest absolute Gasteiger partial charge is 0.514 e. The molecule has 0 saturated carbocycles. The van der Waals surface area contributed by atoms with Gasteiger partial charge < -0.3 is 24.0 Å². The monoisotopic (exact) mass is 456 g/mol. The Bertz CT molecular complexity index is 966. The average molecular weight is 457 g/mol. The lowest BCUT2D eigenvalue weighted by Gasteiger charge is -2.42. The van der Waals surface area contributed by atoms with Crippen molar-refractivity contribution in [1.82, 2.24) is 4.90 Å². The quantitative estimate of drug-likeness (QED) is 0.323. The van der Waals surface area contributed by atoms with Gasteiger partial charge >= 0.3 is 12.2 Å². The van der Waals surface area contributed by atoms with Crippen LogP contribution in [0.2, 0.25) is 5.02 Å². The van der Waals surface area contributed by atoms with Crippen LogP contribution in [-0.4, -0.2) is 50.0 Å². The Morgan fingerprint density at radius 3 is 2.44 bits per heavy atom. The zero-order valence-corrected chi connectivity index (χ0v) is 18.4. The second-order valence-corrected chi connectivity index (χ2v) is 7.40. The Morgan fingerprint density at radius 1 is 1.03 bits per heavy atom.